The highest BCUT2D eigenvalue weighted by Crippen LogP contribution is 2.43. The van der Waals surface area contributed by atoms with Crippen LogP contribution in [0.2, 0.25) is 0 Å². The second kappa shape index (κ2) is 8.93. The predicted octanol–water partition coefficient (Wildman–Crippen LogP) is 3.57. The second-order valence-corrected chi connectivity index (χ2v) is 7.53. The monoisotopic (exact) mass is 448 g/mol. The molecule has 0 saturated heterocycles. The van der Waals surface area contributed by atoms with Gasteiger partial charge >= 0.3 is 6.18 Å². The Bertz CT molecular complexity index is 1050. The molecule has 1 aromatic carbocycles. The van der Waals surface area contributed by atoms with E-state index in [1.165, 1.54) is 13.2 Å². The molecule has 1 amide bonds. The maximum atomic E-state index is 13.8. The lowest BCUT2D eigenvalue weighted by Gasteiger charge is -2.33. The van der Waals surface area contributed by atoms with Crippen LogP contribution in [-0.2, 0) is 6.54 Å². The molecule has 0 aliphatic carbocycles. The maximum absolute atomic E-state index is 13.8. The molecule has 0 fully saturated rings. The number of amides is 1. The fourth-order valence-electron chi connectivity index (χ4n) is 3.71. The van der Waals surface area contributed by atoms with E-state index < -0.39 is 24.2 Å². The van der Waals surface area contributed by atoms with E-state index in [9.17, 15) is 18.0 Å². The summed E-state index contributed by atoms with van der Waals surface area (Å²) in [7, 11) is 1.52. The zero-order valence-corrected chi connectivity index (χ0v) is 17.3. The number of imidazole rings is 1. The van der Waals surface area contributed by atoms with Gasteiger partial charge in [-0.3, -0.25) is 4.79 Å². The first-order chi connectivity index (χ1) is 15.3. The van der Waals surface area contributed by atoms with E-state index in [-0.39, 0.29) is 17.9 Å². The normalized spacial score (nSPS) is 18.0. The number of methoxy groups -OCH3 is 1. The number of fused-ring (bicyclic) bond motifs is 1. The number of alkyl halides is 3. The van der Waals surface area contributed by atoms with Crippen molar-refractivity contribution in [2.75, 3.05) is 19.0 Å². The highest BCUT2D eigenvalue weighted by Gasteiger charge is 2.46. The fourth-order valence-corrected chi connectivity index (χ4v) is 3.71. The predicted molar refractivity (Wildman–Crippen MR) is 110 cm³/mol. The molecule has 1 aliphatic rings. The van der Waals surface area contributed by atoms with Crippen LogP contribution in [0.4, 0.5) is 19.0 Å². The molecule has 0 radical (unpaired) electrons. The molecule has 3 heterocycles. The van der Waals surface area contributed by atoms with Gasteiger partial charge in [0.1, 0.15) is 11.6 Å². The van der Waals surface area contributed by atoms with Gasteiger partial charge in [0.25, 0.3) is 5.91 Å². The number of nitrogens with zero attached hydrogens (tertiary/aromatic N) is 4. The van der Waals surface area contributed by atoms with Gasteiger partial charge in [-0.25, -0.2) is 9.67 Å². The molecule has 0 unspecified atom stereocenters. The lowest BCUT2D eigenvalue weighted by Crippen LogP contribution is -2.35. The van der Waals surface area contributed by atoms with E-state index in [4.69, 9.17) is 4.74 Å². The molecule has 0 bridgehead atoms. The quantitative estimate of drug-likeness (QED) is 0.540. The lowest BCUT2D eigenvalue weighted by molar-refractivity contribution is -0.173. The fraction of sp³-hybridized carbons (Fsp3) is 0.381. The van der Waals surface area contributed by atoms with E-state index in [1.807, 2.05) is 10.8 Å². The molecule has 8 nitrogen and oxygen atoms in total. The van der Waals surface area contributed by atoms with Crippen LogP contribution in [0.3, 0.4) is 0 Å². The third-order valence-electron chi connectivity index (χ3n) is 5.38. The number of aromatic nitrogens is 4. The summed E-state index contributed by atoms with van der Waals surface area (Å²) >= 11 is 0. The molecule has 170 valence electrons. The molecule has 32 heavy (non-hydrogen) atoms. The second-order valence-electron chi connectivity index (χ2n) is 7.53. The van der Waals surface area contributed by atoms with Gasteiger partial charge in [0.05, 0.1) is 19.5 Å². The van der Waals surface area contributed by atoms with Crippen LogP contribution in [-0.4, -0.2) is 45.1 Å². The molecular weight excluding hydrogens is 425 g/mol. The summed E-state index contributed by atoms with van der Waals surface area (Å²) in [5.74, 6) is 0.262. The number of hydrogen-bond acceptors (Lipinski definition) is 5. The van der Waals surface area contributed by atoms with Gasteiger partial charge in [-0.15, -0.1) is 0 Å². The Hall–Kier alpha value is -3.50. The van der Waals surface area contributed by atoms with E-state index in [0.29, 0.717) is 30.8 Å². The molecule has 1 aliphatic heterocycles. The molecular formula is C21H23F3N6O2. The number of rotatable bonds is 7. The number of carbonyl (C=O) groups excluding carboxylic acids is 1. The molecule has 0 spiro atoms. The maximum Gasteiger partial charge on any atom is 0.410 e. The molecule has 11 heteroatoms. The summed E-state index contributed by atoms with van der Waals surface area (Å²) in [4.78, 5) is 16.4. The molecule has 4 rings (SSSR count). The van der Waals surface area contributed by atoms with Crippen LogP contribution in [0.1, 0.15) is 41.0 Å². The number of hydrogen-bond donors (Lipinski definition) is 2. The number of aryl methyl sites for hydroxylation is 1. The summed E-state index contributed by atoms with van der Waals surface area (Å²) in [5, 5.41) is 9.76. The van der Waals surface area contributed by atoms with E-state index in [2.05, 4.69) is 20.7 Å². The Morgan fingerprint density at radius 3 is 2.75 bits per heavy atom. The number of ether oxygens (including phenoxy) is 1. The number of benzene rings is 1. The van der Waals surface area contributed by atoms with Gasteiger partial charge < -0.3 is 19.9 Å². The van der Waals surface area contributed by atoms with E-state index in [1.54, 1.807) is 36.8 Å². The minimum absolute atomic E-state index is 0.0558. The Morgan fingerprint density at radius 1 is 1.31 bits per heavy atom. The molecule has 0 saturated carbocycles. The third kappa shape index (κ3) is 4.71. The van der Waals surface area contributed by atoms with Gasteiger partial charge in [0, 0.05) is 38.0 Å². The lowest BCUT2D eigenvalue weighted by atomic mass is 9.97. The van der Waals surface area contributed by atoms with Crippen molar-refractivity contribution in [1.82, 2.24) is 24.6 Å². The zero-order valence-electron chi connectivity index (χ0n) is 17.3. The first-order valence-corrected chi connectivity index (χ1v) is 10.2. The average Bonchev–Trinajstić information content (AvgIpc) is 3.45. The van der Waals surface area contributed by atoms with E-state index >= 15 is 0 Å². The van der Waals surface area contributed by atoms with Crippen LogP contribution in [0, 0.1) is 0 Å². The van der Waals surface area contributed by atoms with Crippen LogP contribution >= 0.6 is 0 Å². The molecule has 3 aromatic rings. The number of carbonyl (C=O) groups is 1. The largest absolute Gasteiger partial charge is 0.497 e. The summed E-state index contributed by atoms with van der Waals surface area (Å²) < 4.78 is 49.3. The Morgan fingerprint density at radius 2 is 2.09 bits per heavy atom. The first-order valence-electron chi connectivity index (χ1n) is 10.2. The van der Waals surface area contributed by atoms with Crippen molar-refractivity contribution in [2.24, 2.45) is 0 Å². The first kappa shape index (κ1) is 21.7. The Kier molecular flexibility index (Phi) is 6.06. The SMILES string of the molecule is COc1ccc([C@H]2C[C@H](C(F)(F)F)n3nc(C(=O)NCCCn4ccnc4)cc3N2)cc1. The van der Waals surface area contributed by atoms with Crippen LogP contribution in [0.5, 0.6) is 5.75 Å². The Labute approximate surface area is 182 Å². The van der Waals surface area contributed by atoms with Gasteiger partial charge in [0.15, 0.2) is 11.7 Å². The molecule has 2 atom stereocenters. The Balaban J connectivity index is 1.47. The van der Waals surface area contributed by atoms with Crippen molar-refractivity contribution in [3.8, 4) is 5.75 Å². The van der Waals surface area contributed by atoms with Crippen molar-refractivity contribution in [3.63, 3.8) is 0 Å². The highest BCUT2D eigenvalue weighted by molar-refractivity contribution is 5.93. The summed E-state index contributed by atoms with van der Waals surface area (Å²) in [5.41, 5.74) is 0.637. The minimum atomic E-state index is -4.51. The van der Waals surface area contributed by atoms with Gasteiger partial charge in [0.2, 0.25) is 0 Å². The van der Waals surface area contributed by atoms with Crippen molar-refractivity contribution in [1.29, 1.82) is 0 Å². The summed E-state index contributed by atoms with van der Waals surface area (Å²) in [6.45, 7) is 1.03. The zero-order chi connectivity index (χ0) is 22.7. The third-order valence-corrected chi connectivity index (χ3v) is 5.38. The van der Waals surface area contributed by atoms with Gasteiger partial charge in [-0.2, -0.15) is 18.3 Å². The smallest absolute Gasteiger partial charge is 0.410 e. The molecule has 2 N–H and O–H groups in total. The number of nitrogens with one attached hydrogen (secondary N) is 2. The van der Waals surface area contributed by atoms with Gasteiger partial charge in [-0.05, 0) is 24.1 Å². The standard InChI is InChI=1S/C21H23F3N6O2/c1-32-15-5-3-14(4-6-15)16-11-18(21(22,23)24)30-19(27-16)12-17(28-30)20(31)26-7-2-9-29-10-8-25-13-29/h3-6,8,10,12-13,16,18,27H,2,7,9,11H2,1H3,(H,26,31)/t16-,18-/m1/s1. The summed E-state index contributed by atoms with van der Waals surface area (Å²) in [6.07, 6.45) is 1.06. The van der Waals surface area contributed by atoms with E-state index in [0.717, 1.165) is 4.68 Å². The summed E-state index contributed by atoms with van der Waals surface area (Å²) in [6, 6.07) is 5.80. The van der Waals surface area contributed by atoms with Crippen molar-refractivity contribution < 1.29 is 22.7 Å². The topological polar surface area (TPSA) is 86.0 Å². The van der Waals surface area contributed by atoms with Gasteiger partial charge in [-0.1, -0.05) is 12.1 Å². The van der Waals surface area contributed by atoms with Crippen molar-refractivity contribution in [2.45, 2.75) is 37.6 Å². The highest BCUT2D eigenvalue weighted by atomic mass is 19.4. The number of anilines is 1. The van der Waals surface area contributed by atoms with Crippen LogP contribution in [0.15, 0.2) is 49.1 Å². The minimum Gasteiger partial charge on any atom is -0.497 e. The van der Waals surface area contributed by atoms with Crippen molar-refractivity contribution in [3.05, 3.63) is 60.3 Å². The van der Waals surface area contributed by atoms with Crippen molar-refractivity contribution >= 4 is 11.7 Å². The van der Waals surface area contributed by atoms with Crippen LogP contribution < -0.4 is 15.4 Å². The number of halogens is 3. The molecule has 2 aromatic heterocycles. The van der Waals surface area contributed by atoms with Crippen LogP contribution in [0.25, 0.3) is 0 Å². The average molecular weight is 448 g/mol.